The number of rotatable bonds is 2. The van der Waals surface area contributed by atoms with Crippen LogP contribution in [0, 0.1) is 34.0 Å². The first-order valence-corrected chi connectivity index (χ1v) is 6.50. The first kappa shape index (κ1) is 14.4. The summed E-state index contributed by atoms with van der Waals surface area (Å²) in [7, 11) is 2.05. The van der Waals surface area contributed by atoms with Gasteiger partial charge in [-0.1, -0.05) is 13.8 Å². The fourth-order valence-electron chi connectivity index (χ4n) is 2.68. The van der Waals surface area contributed by atoms with Crippen molar-refractivity contribution in [3.63, 3.8) is 0 Å². The molecule has 0 unspecified atom stereocenters. The highest BCUT2D eigenvalue weighted by molar-refractivity contribution is 5.69. The molecule has 0 spiro atoms. The van der Waals surface area contributed by atoms with E-state index in [1.165, 1.54) is 5.56 Å². The van der Waals surface area contributed by atoms with Gasteiger partial charge in [0.2, 0.25) is 0 Å². The van der Waals surface area contributed by atoms with Gasteiger partial charge < -0.3 is 10.2 Å². The maximum absolute atomic E-state index is 9.08. The molecule has 5 heteroatoms. The number of likely N-dealkylation sites (N-methyl/N-ethyl adjacent to an activating group) is 1. The number of fused-ring (bicyclic) bond motifs is 1. The quantitative estimate of drug-likeness (QED) is 0.840. The average molecular weight is 277 g/mol. The Hall–Kier alpha value is -2.97. The zero-order chi connectivity index (χ0) is 15.6. The summed E-state index contributed by atoms with van der Waals surface area (Å²) in [5, 5.41) is 29.6. The van der Waals surface area contributed by atoms with Crippen LogP contribution in [-0.2, 0) is 5.41 Å². The maximum Gasteiger partial charge on any atom is 0.163 e. The second kappa shape index (κ2) is 5.19. The fourth-order valence-corrected chi connectivity index (χ4v) is 2.68. The van der Waals surface area contributed by atoms with Crippen LogP contribution in [0.3, 0.4) is 0 Å². The molecule has 1 aromatic rings. The van der Waals surface area contributed by atoms with Crippen LogP contribution >= 0.6 is 0 Å². The van der Waals surface area contributed by atoms with Crippen LogP contribution in [0.4, 0.5) is 11.4 Å². The summed E-state index contributed by atoms with van der Waals surface area (Å²) >= 11 is 0. The Kier molecular flexibility index (Phi) is 3.57. The lowest BCUT2D eigenvalue weighted by molar-refractivity contribution is 0.563. The van der Waals surface area contributed by atoms with Gasteiger partial charge in [-0.05, 0) is 23.8 Å². The van der Waals surface area contributed by atoms with E-state index >= 15 is 0 Å². The minimum absolute atomic E-state index is 0.0194. The lowest BCUT2D eigenvalue weighted by Gasteiger charge is -2.18. The van der Waals surface area contributed by atoms with Crippen molar-refractivity contribution in [2.45, 2.75) is 19.3 Å². The van der Waals surface area contributed by atoms with Crippen LogP contribution in [0.5, 0.6) is 0 Å². The van der Waals surface area contributed by atoms with Gasteiger partial charge in [0.15, 0.2) is 5.57 Å². The molecule has 1 aromatic carbocycles. The Balaban J connectivity index is 2.43. The van der Waals surface area contributed by atoms with E-state index in [-0.39, 0.29) is 16.7 Å². The van der Waals surface area contributed by atoms with Crippen molar-refractivity contribution >= 4 is 11.4 Å². The summed E-state index contributed by atoms with van der Waals surface area (Å²) in [6.45, 7) is 5.25. The number of nitrogens with one attached hydrogen (secondary N) is 1. The standard InChI is InChI=1S/C16H15N5/c1-16(2)10-21(3)15-5-4-12(6-13(15)16)20-14(9-19)11(7-17)8-18/h4-6,20H,10H2,1-3H3. The molecule has 0 radical (unpaired) electrons. The molecule has 0 fully saturated rings. The lowest BCUT2D eigenvalue weighted by Crippen LogP contribution is -2.24. The van der Waals surface area contributed by atoms with Crippen LogP contribution < -0.4 is 10.2 Å². The summed E-state index contributed by atoms with van der Waals surface area (Å²) in [5.41, 5.74) is 2.83. The van der Waals surface area contributed by atoms with Gasteiger partial charge in [0.05, 0.1) is 0 Å². The highest BCUT2D eigenvalue weighted by Crippen LogP contribution is 2.40. The molecule has 0 amide bonds. The van der Waals surface area contributed by atoms with E-state index in [0.717, 1.165) is 12.2 Å². The number of anilines is 2. The molecule has 0 aromatic heterocycles. The summed E-state index contributed by atoms with van der Waals surface area (Å²) < 4.78 is 0. The van der Waals surface area contributed by atoms with Crippen LogP contribution in [0.15, 0.2) is 29.5 Å². The van der Waals surface area contributed by atoms with Crippen molar-refractivity contribution in [2.24, 2.45) is 0 Å². The third-order valence-corrected chi connectivity index (χ3v) is 3.62. The topological polar surface area (TPSA) is 86.6 Å². The van der Waals surface area contributed by atoms with Gasteiger partial charge in [-0.3, -0.25) is 0 Å². The van der Waals surface area contributed by atoms with E-state index in [1.54, 1.807) is 12.1 Å². The first-order chi connectivity index (χ1) is 9.92. The third-order valence-electron chi connectivity index (χ3n) is 3.62. The molecule has 5 nitrogen and oxygen atoms in total. The molecule has 1 aliphatic rings. The minimum Gasteiger partial charge on any atom is -0.373 e. The Morgan fingerprint density at radius 1 is 1.19 bits per heavy atom. The third kappa shape index (κ3) is 2.53. The highest BCUT2D eigenvalue weighted by atomic mass is 15.1. The van der Waals surface area contributed by atoms with Crippen molar-refractivity contribution in [1.82, 2.24) is 0 Å². The number of nitriles is 3. The minimum atomic E-state index is -0.214. The molecule has 21 heavy (non-hydrogen) atoms. The van der Waals surface area contributed by atoms with E-state index in [9.17, 15) is 0 Å². The number of benzene rings is 1. The normalized spacial score (nSPS) is 14.4. The van der Waals surface area contributed by atoms with E-state index in [1.807, 2.05) is 31.3 Å². The lowest BCUT2D eigenvalue weighted by atomic mass is 9.87. The van der Waals surface area contributed by atoms with Crippen molar-refractivity contribution in [3.8, 4) is 18.2 Å². The van der Waals surface area contributed by atoms with Crippen LogP contribution in [0.25, 0.3) is 0 Å². The van der Waals surface area contributed by atoms with Crippen LogP contribution in [-0.4, -0.2) is 13.6 Å². The average Bonchev–Trinajstić information content (AvgIpc) is 2.68. The van der Waals surface area contributed by atoms with Gasteiger partial charge in [-0.15, -0.1) is 0 Å². The van der Waals surface area contributed by atoms with Crippen LogP contribution in [0.2, 0.25) is 0 Å². The number of allylic oxidation sites excluding steroid dienone is 2. The molecule has 1 N–H and O–H groups in total. The Labute approximate surface area is 124 Å². The largest absolute Gasteiger partial charge is 0.373 e. The van der Waals surface area contributed by atoms with Gasteiger partial charge in [0.1, 0.15) is 23.9 Å². The smallest absolute Gasteiger partial charge is 0.163 e. The first-order valence-electron chi connectivity index (χ1n) is 6.50. The number of nitrogens with zero attached hydrogens (tertiary/aromatic N) is 4. The van der Waals surface area contributed by atoms with Crippen molar-refractivity contribution < 1.29 is 0 Å². The maximum atomic E-state index is 9.08. The van der Waals surface area contributed by atoms with E-state index in [0.29, 0.717) is 5.69 Å². The summed E-state index contributed by atoms with van der Waals surface area (Å²) in [6, 6.07) is 11.1. The molecule has 2 rings (SSSR count). The Morgan fingerprint density at radius 2 is 1.86 bits per heavy atom. The van der Waals surface area contributed by atoms with Crippen molar-refractivity contribution in [3.05, 3.63) is 35.0 Å². The number of hydrogen-bond donors (Lipinski definition) is 1. The fraction of sp³-hybridized carbons (Fsp3) is 0.312. The molecule has 1 aliphatic heterocycles. The second-order valence-corrected chi connectivity index (χ2v) is 5.68. The van der Waals surface area contributed by atoms with Gasteiger partial charge in [0, 0.05) is 30.4 Å². The summed E-state index contributed by atoms with van der Waals surface area (Å²) in [5.74, 6) is 0. The van der Waals surface area contributed by atoms with Gasteiger partial charge in [-0.25, -0.2) is 0 Å². The monoisotopic (exact) mass is 277 g/mol. The molecule has 0 aliphatic carbocycles. The zero-order valence-electron chi connectivity index (χ0n) is 12.2. The van der Waals surface area contributed by atoms with E-state index < -0.39 is 0 Å². The Bertz CT molecular complexity index is 721. The number of hydrogen-bond acceptors (Lipinski definition) is 5. The predicted molar refractivity (Wildman–Crippen MR) is 80.2 cm³/mol. The molecule has 104 valence electrons. The zero-order valence-corrected chi connectivity index (χ0v) is 12.2. The summed E-state index contributed by atoms with van der Waals surface area (Å²) in [6.07, 6.45) is 0. The van der Waals surface area contributed by atoms with Gasteiger partial charge in [0.25, 0.3) is 0 Å². The molecule has 0 atom stereocenters. The molecular weight excluding hydrogens is 262 g/mol. The molecule has 0 bridgehead atoms. The summed E-state index contributed by atoms with van der Waals surface area (Å²) in [4.78, 5) is 2.19. The predicted octanol–water partition coefficient (Wildman–Crippen LogP) is 2.65. The van der Waals surface area contributed by atoms with Gasteiger partial charge >= 0.3 is 0 Å². The molecule has 0 saturated carbocycles. The molecule has 1 heterocycles. The van der Waals surface area contributed by atoms with Gasteiger partial charge in [-0.2, -0.15) is 15.8 Å². The van der Waals surface area contributed by atoms with Crippen molar-refractivity contribution in [1.29, 1.82) is 15.8 Å². The van der Waals surface area contributed by atoms with Crippen molar-refractivity contribution in [2.75, 3.05) is 23.8 Å². The molecule has 0 saturated heterocycles. The second-order valence-electron chi connectivity index (χ2n) is 5.68. The van der Waals surface area contributed by atoms with E-state index in [4.69, 9.17) is 15.8 Å². The Morgan fingerprint density at radius 3 is 2.43 bits per heavy atom. The van der Waals surface area contributed by atoms with Crippen LogP contribution in [0.1, 0.15) is 19.4 Å². The molecular formula is C16H15N5. The van der Waals surface area contributed by atoms with E-state index in [2.05, 4.69) is 24.1 Å². The highest BCUT2D eigenvalue weighted by Gasteiger charge is 2.33. The SMILES string of the molecule is CN1CC(C)(C)c2cc(NC(C#N)=C(C#N)C#N)ccc21.